The number of nitrogens with one attached hydrogen (secondary N) is 1. The molecule has 0 aliphatic carbocycles. The number of benzene rings is 8. The van der Waals surface area contributed by atoms with Gasteiger partial charge in [0.2, 0.25) is 0 Å². The molecule has 10 rings (SSSR count). The second-order valence-corrected chi connectivity index (χ2v) is 14.7. The van der Waals surface area contributed by atoms with Gasteiger partial charge in [-0.15, -0.1) is 0 Å². The van der Waals surface area contributed by atoms with E-state index in [2.05, 4.69) is 163 Å². The van der Waals surface area contributed by atoms with Crippen LogP contribution in [0.1, 0.15) is 28.4 Å². The highest BCUT2D eigenvalue weighted by Crippen LogP contribution is 2.39. The van der Waals surface area contributed by atoms with Crippen molar-refractivity contribution in [1.29, 1.82) is 5.26 Å². The molecule has 1 aliphatic rings. The first kappa shape index (κ1) is 36.2. The van der Waals surface area contributed by atoms with E-state index < -0.39 is 0 Å². The Hall–Kier alpha value is -8.20. The molecule has 60 heavy (non-hydrogen) atoms. The Bertz CT molecular complexity index is 3110. The van der Waals surface area contributed by atoms with Gasteiger partial charge in [0, 0.05) is 27.8 Å². The van der Waals surface area contributed by atoms with E-state index >= 15 is 0 Å². The normalized spacial score (nSPS) is 13.5. The molecule has 1 aromatic heterocycles. The Balaban J connectivity index is 1.02. The summed E-state index contributed by atoms with van der Waals surface area (Å²) >= 11 is 0. The van der Waals surface area contributed by atoms with Gasteiger partial charge in [-0.2, -0.15) is 5.26 Å². The molecule has 9 aromatic rings. The molecule has 5 heteroatoms. The van der Waals surface area contributed by atoms with Gasteiger partial charge in [0.25, 0.3) is 0 Å². The average molecular weight is 768 g/mol. The van der Waals surface area contributed by atoms with E-state index in [4.69, 9.17) is 15.0 Å². The first-order chi connectivity index (χ1) is 29.7. The average Bonchev–Trinajstić information content (AvgIpc) is 3.34. The first-order valence-electron chi connectivity index (χ1n) is 20.0. The molecular formula is C55H37N5. The molecule has 0 saturated carbocycles. The minimum absolute atomic E-state index is 0.288. The van der Waals surface area contributed by atoms with E-state index in [1.54, 1.807) is 0 Å². The summed E-state index contributed by atoms with van der Waals surface area (Å²) in [4.78, 5) is 15.4. The molecule has 8 aromatic carbocycles. The molecule has 1 N–H and O–H groups in total. The maximum Gasteiger partial charge on any atom is 0.160 e. The number of aliphatic imine (C=N–C) groups is 1. The molecular weight excluding hydrogens is 731 g/mol. The third-order valence-electron chi connectivity index (χ3n) is 11.0. The van der Waals surface area contributed by atoms with Crippen molar-refractivity contribution in [3.63, 3.8) is 0 Å². The van der Waals surface area contributed by atoms with Crippen LogP contribution in [-0.2, 0) is 0 Å². The summed E-state index contributed by atoms with van der Waals surface area (Å²) in [6, 6.07) is 73.1. The van der Waals surface area contributed by atoms with E-state index in [1.807, 2.05) is 60.7 Å². The van der Waals surface area contributed by atoms with Crippen molar-refractivity contribution in [2.45, 2.75) is 6.17 Å². The fraction of sp³-hybridized carbons (Fsp3) is 0.0182. The molecule has 2 heterocycles. The Morgan fingerprint density at radius 2 is 1.03 bits per heavy atom. The number of fused-ring (bicyclic) bond motifs is 1. The summed E-state index contributed by atoms with van der Waals surface area (Å²) in [5, 5.41) is 14.3. The van der Waals surface area contributed by atoms with Gasteiger partial charge in [-0.05, 0) is 68.8 Å². The van der Waals surface area contributed by atoms with Crippen molar-refractivity contribution in [3.8, 4) is 62.1 Å². The number of nitriles is 1. The molecule has 1 atom stereocenters. The van der Waals surface area contributed by atoms with Gasteiger partial charge in [-0.1, -0.05) is 188 Å². The topological polar surface area (TPSA) is 74.0 Å². The lowest BCUT2D eigenvalue weighted by Gasteiger charge is -2.26. The van der Waals surface area contributed by atoms with E-state index in [0.29, 0.717) is 11.4 Å². The Labute approximate surface area is 349 Å². The highest BCUT2D eigenvalue weighted by molar-refractivity contribution is 6.14. The van der Waals surface area contributed by atoms with Crippen molar-refractivity contribution >= 4 is 22.3 Å². The summed E-state index contributed by atoms with van der Waals surface area (Å²) in [5.41, 5.74) is 16.1. The monoisotopic (exact) mass is 767 g/mol. The fourth-order valence-electron chi connectivity index (χ4n) is 7.99. The van der Waals surface area contributed by atoms with Crippen LogP contribution in [0.5, 0.6) is 0 Å². The predicted octanol–water partition coefficient (Wildman–Crippen LogP) is 13.0. The summed E-state index contributed by atoms with van der Waals surface area (Å²) in [6.07, 6.45) is 1.87. The van der Waals surface area contributed by atoms with Gasteiger partial charge in [0.1, 0.15) is 6.17 Å². The van der Waals surface area contributed by atoms with E-state index in [1.165, 1.54) is 0 Å². The largest absolute Gasteiger partial charge is 0.359 e. The number of allylic oxidation sites excluding steroid dienone is 1. The van der Waals surface area contributed by atoms with Crippen LogP contribution in [-0.4, -0.2) is 15.7 Å². The standard InChI is InChI=1S/C55H37N5/c56-36-37-14-13-19-44(34-37)38-26-30-40(31-27-38)51-35-52(59-54(58-51)42-17-5-2-6-18-42)48-23-10-9-22-47(48)46-21-8-7-20-45(46)39-28-32-43(33-29-39)55-57-50-25-12-11-24-49(50)53(60-55)41-15-3-1-4-16-41/h1-35,54,59H. The summed E-state index contributed by atoms with van der Waals surface area (Å²) in [6.45, 7) is 0. The van der Waals surface area contributed by atoms with E-state index in [0.717, 1.165) is 89.2 Å². The maximum atomic E-state index is 9.46. The molecule has 1 aliphatic heterocycles. The minimum atomic E-state index is -0.288. The van der Waals surface area contributed by atoms with Gasteiger partial charge in [-0.25, -0.2) is 9.97 Å². The molecule has 0 saturated heterocycles. The zero-order chi connectivity index (χ0) is 40.3. The van der Waals surface area contributed by atoms with Crippen molar-refractivity contribution < 1.29 is 0 Å². The minimum Gasteiger partial charge on any atom is -0.359 e. The molecule has 0 spiro atoms. The van der Waals surface area contributed by atoms with Gasteiger partial charge in [0.15, 0.2) is 5.82 Å². The van der Waals surface area contributed by atoms with Crippen LogP contribution < -0.4 is 5.32 Å². The van der Waals surface area contributed by atoms with Crippen molar-refractivity contribution in [3.05, 3.63) is 235 Å². The lowest BCUT2D eigenvalue weighted by molar-refractivity contribution is 0.664. The quantitative estimate of drug-likeness (QED) is 0.167. The number of rotatable bonds is 8. The zero-order valence-corrected chi connectivity index (χ0v) is 32.6. The van der Waals surface area contributed by atoms with Crippen LogP contribution in [0.25, 0.3) is 72.6 Å². The third-order valence-corrected chi connectivity index (χ3v) is 11.0. The molecule has 282 valence electrons. The molecule has 0 bridgehead atoms. The SMILES string of the molecule is N#Cc1cccc(-c2ccc(C3=NC(c4ccccc4)NC(c4ccccc4-c4ccccc4-c4ccc(-c5nc(-c6ccccc6)c6ccccc6n5)cc4)=C3)cc2)c1. The third kappa shape index (κ3) is 7.15. The van der Waals surface area contributed by atoms with Gasteiger partial charge in [0.05, 0.1) is 28.6 Å². The predicted molar refractivity (Wildman–Crippen MR) is 245 cm³/mol. The summed E-state index contributed by atoms with van der Waals surface area (Å²) in [7, 11) is 0. The number of hydrogen-bond acceptors (Lipinski definition) is 5. The maximum absolute atomic E-state index is 9.46. The fourth-order valence-corrected chi connectivity index (χ4v) is 7.99. The van der Waals surface area contributed by atoms with Crippen LogP contribution in [0.2, 0.25) is 0 Å². The lowest BCUT2D eigenvalue weighted by atomic mass is 9.89. The highest BCUT2D eigenvalue weighted by Gasteiger charge is 2.22. The first-order valence-corrected chi connectivity index (χ1v) is 20.0. The Morgan fingerprint density at radius 1 is 0.450 bits per heavy atom. The number of nitrogens with zero attached hydrogens (tertiary/aromatic N) is 4. The Morgan fingerprint density at radius 3 is 1.78 bits per heavy atom. The van der Waals surface area contributed by atoms with Gasteiger partial charge >= 0.3 is 0 Å². The number of para-hydroxylation sites is 1. The second kappa shape index (κ2) is 16.0. The number of hydrogen-bond donors (Lipinski definition) is 1. The van der Waals surface area contributed by atoms with Crippen LogP contribution in [0.4, 0.5) is 0 Å². The van der Waals surface area contributed by atoms with Crippen LogP contribution in [0.3, 0.4) is 0 Å². The van der Waals surface area contributed by atoms with Crippen molar-refractivity contribution in [1.82, 2.24) is 15.3 Å². The molecule has 0 radical (unpaired) electrons. The zero-order valence-electron chi connectivity index (χ0n) is 32.6. The van der Waals surface area contributed by atoms with Crippen molar-refractivity contribution in [2.24, 2.45) is 4.99 Å². The van der Waals surface area contributed by atoms with Crippen LogP contribution >= 0.6 is 0 Å². The number of aromatic nitrogens is 2. The van der Waals surface area contributed by atoms with E-state index in [9.17, 15) is 5.26 Å². The van der Waals surface area contributed by atoms with Gasteiger partial charge < -0.3 is 5.32 Å². The van der Waals surface area contributed by atoms with Crippen LogP contribution in [0.15, 0.2) is 217 Å². The smallest absolute Gasteiger partial charge is 0.160 e. The summed E-state index contributed by atoms with van der Waals surface area (Å²) in [5.74, 6) is 0.696. The van der Waals surface area contributed by atoms with E-state index in [-0.39, 0.29) is 6.17 Å². The lowest BCUT2D eigenvalue weighted by Crippen LogP contribution is -2.25. The molecule has 1 unspecified atom stereocenters. The molecule has 0 fully saturated rings. The van der Waals surface area contributed by atoms with Crippen molar-refractivity contribution in [2.75, 3.05) is 0 Å². The van der Waals surface area contributed by atoms with Crippen LogP contribution in [0, 0.1) is 11.3 Å². The molecule has 5 nitrogen and oxygen atoms in total. The Kier molecular flexibility index (Phi) is 9.63. The molecule has 0 amide bonds. The summed E-state index contributed by atoms with van der Waals surface area (Å²) < 4.78 is 0. The second-order valence-electron chi connectivity index (χ2n) is 14.7. The highest BCUT2D eigenvalue weighted by atomic mass is 15.1. The van der Waals surface area contributed by atoms with Gasteiger partial charge in [-0.3, -0.25) is 4.99 Å².